The molecule has 1 fully saturated rings. The molecule has 0 radical (unpaired) electrons. The zero-order valence-corrected chi connectivity index (χ0v) is 7.76. The summed E-state index contributed by atoms with van der Waals surface area (Å²) in [6.07, 6.45) is 1.17. The van der Waals surface area contributed by atoms with Crippen LogP contribution in [0.4, 0.5) is 4.39 Å². The predicted octanol–water partition coefficient (Wildman–Crippen LogP) is 2.20. The summed E-state index contributed by atoms with van der Waals surface area (Å²) in [5.74, 6) is 1.07. The number of aryl methyl sites for hydroxylation is 1. The Bertz CT molecular complexity index is 322. The van der Waals surface area contributed by atoms with Crippen LogP contribution in [-0.4, -0.2) is 6.54 Å². The molecule has 0 amide bonds. The van der Waals surface area contributed by atoms with Crippen molar-refractivity contribution in [2.45, 2.75) is 19.3 Å². The molecule has 0 unspecified atom stereocenters. The van der Waals surface area contributed by atoms with Crippen molar-refractivity contribution in [1.82, 2.24) is 0 Å². The second-order valence-corrected chi connectivity index (χ2v) is 3.84. The molecule has 1 aliphatic carbocycles. The van der Waals surface area contributed by atoms with E-state index in [1.807, 2.05) is 13.0 Å². The van der Waals surface area contributed by atoms with Crippen LogP contribution in [0.1, 0.15) is 23.5 Å². The lowest BCUT2D eigenvalue weighted by Gasteiger charge is -2.04. The summed E-state index contributed by atoms with van der Waals surface area (Å²) in [7, 11) is 0. The van der Waals surface area contributed by atoms with Gasteiger partial charge in [-0.3, -0.25) is 0 Å². The van der Waals surface area contributed by atoms with Gasteiger partial charge in [-0.1, -0.05) is 6.07 Å². The second kappa shape index (κ2) is 3.11. The van der Waals surface area contributed by atoms with E-state index >= 15 is 0 Å². The van der Waals surface area contributed by atoms with Crippen LogP contribution in [0.2, 0.25) is 0 Å². The third kappa shape index (κ3) is 1.59. The fourth-order valence-electron chi connectivity index (χ4n) is 1.94. The molecule has 1 aromatic rings. The summed E-state index contributed by atoms with van der Waals surface area (Å²) in [4.78, 5) is 0. The van der Waals surface area contributed by atoms with Crippen LogP contribution in [0.25, 0.3) is 0 Å². The zero-order valence-electron chi connectivity index (χ0n) is 7.76. The first kappa shape index (κ1) is 8.70. The van der Waals surface area contributed by atoms with Crippen molar-refractivity contribution < 1.29 is 4.39 Å². The molecule has 1 aliphatic rings. The molecule has 0 bridgehead atoms. The average molecular weight is 179 g/mol. The fourth-order valence-corrected chi connectivity index (χ4v) is 1.94. The lowest BCUT2D eigenvalue weighted by Crippen LogP contribution is -2.02. The normalized spacial score (nSPS) is 26.1. The van der Waals surface area contributed by atoms with E-state index in [9.17, 15) is 4.39 Å². The predicted molar refractivity (Wildman–Crippen MR) is 51.0 cm³/mol. The number of hydrogen-bond acceptors (Lipinski definition) is 1. The minimum absolute atomic E-state index is 0.147. The quantitative estimate of drug-likeness (QED) is 0.740. The molecule has 0 saturated heterocycles. The third-order valence-electron chi connectivity index (χ3n) is 2.86. The van der Waals surface area contributed by atoms with Crippen molar-refractivity contribution in [3.63, 3.8) is 0 Å². The van der Waals surface area contributed by atoms with Gasteiger partial charge in [0, 0.05) is 0 Å². The summed E-state index contributed by atoms with van der Waals surface area (Å²) < 4.78 is 12.8. The van der Waals surface area contributed by atoms with Gasteiger partial charge in [0.15, 0.2) is 0 Å². The van der Waals surface area contributed by atoms with Crippen molar-refractivity contribution in [2.24, 2.45) is 11.7 Å². The lowest BCUT2D eigenvalue weighted by atomic mass is 10.0. The molecule has 70 valence electrons. The molecule has 2 N–H and O–H groups in total. The Balaban J connectivity index is 2.22. The first-order valence-electron chi connectivity index (χ1n) is 4.68. The summed E-state index contributed by atoms with van der Waals surface area (Å²) in [5.41, 5.74) is 7.90. The van der Waals surface area contributed by atoms with Crippen LogP contribution in [0.15, 0.2) is 18.2 Å². The molecule has 0 spiro atoms. The van der Waals surface area contributed by atoms with Gasteiger partial charge in [-0.2, -0.15) is 0 Å². The Labute approximate surface area is 77.8 Å². The van der Waals surface area contributed by atoms with Crippen LogP contribution in [-0.2, 0) is 0 Å². The Hall–Kier alpha value is -0.890. The van der Waals surface area contributed by atoms with E-state index in [-0.39, 0.29) is 5.82 Å². The number of benzene rings is 1. The first-order valence-corrected chi connectivity index (χ1v) is 4.68. The molecule has 0 heterocycles. The van der Waals surface area contributed by atoms with Crippen LogP contribution < -0.4 is 5.73 Å². The second-order valence-electron chi connectivity index (χ2n) is 3.84. The average Bonchev–Trinajstić information content (AvgIpc) is 2.83. The summed E-state index contributed by atoms with van der Waals surface area (Å²) in [5, 5.41) is 0. The van der Waals surface area contributed by atoms with Gasteiger partial charge in [0.2, 0.25) is 0 Å². The molecular weight excluding hydrogens is 165 g/mol. The van der Waals surface area contributed by atoms with Crippen molar-refractivity contribution >= 4 is 0 Å². The number of hydrogen-bond donors (Lipinski definition) is 1. The van der Waals surface area contributed by atoms with Gasteiger partial charge in [-0.15, -0.1) is 0 Å². The highest BCUT2D eigenvalue weighted by molar-refractivity contribution is 5.34. The first-order chi connectivity index (χ1) is 6.22. The molecule has 2 rings (SSSR count). The third-order valence-corrected chi connectivity index (χ3v) is 2.86. The van der Waals surface area contributed by atoms with E-state index in [0.29, 0.717) is 11.8 Å². The Kier molecular flexibility index (Phi) is 2.08. The highest BCUT2D eigenvalue weighted by Crippen LogP contribution is 2.47. The van der Waals surface area contributed by atoms with E-state index in [4.69, 9.17) is 5.73 Å². The SMILES string of the molecule is Cc1cc(F)ccc1[C@@H]1C[C@H]1CN. The van der Waals surface area contributed by atoms with Crippen LogP contribution in [0, 0.1) is 18.7 Å². The molecule has 0 aliphatic heterocycles. The van der Waals surface area contributed by atoms with E-state index in [1.165, 1.54) is 18.1 Å². The van der Waals surface area contributed by atoms with Crippen molar-refractivity contribution in [3.05, 3.63) is 35.1 Å². The van der Waals surface area contributed by atoms with Gasteiger partial charge in [0.25, 0.3) is 0 Å². The smallest absolute Gasteiger partial charge is 0.123 e. The number of nitrogens with two attached hydrogens (primary N) is 1. The van der Waals surface area contributed by atoms with Crippen molar-refractivity contribution in [2.75, 3.05) is 6.54 Å². The van der Waals surface area contributed by atoms with E-state index in [2.05, 4.69) is 0 Å². The van der Waals surface area contributed by atoms with Crippen LogP contribution in [0.5, 0.6) is 0 Å². The maximum Gasteiger partial charge on any atom is 0.123 e. The summed E-state index contributed by atoms with van der Waals surface area (Å²) >= 11 is 0. The number of rotatable bonds is 2. The maximum atomic E-state index is 12.8. The topological polar surface area (TPSA) is 26.0 Å². The van der Waals surface area contributed by atoms with E-state index < -0.39 is 0 Å². The van der Waals surface area contributed by atoms with Crippen LogP contribution >= 0.6 is 0 Å². The summed E-state index contributed by atoms with van der Waals surface area (Å²) in [6.45, 7) is 2.71. The van der Waals surface area contributed by atoms with Gasteiger partial charge in [-0.25, -0.2) is 4.39 Å². The highest BCUT2D eigenvalue weighted by Gasteiger charge is 2.37. The molecule has 1 aromatic carbocycles. The molecule has 2 heteroatoms. The lowest BCUT2D eigenvalue weighted by molar-refractivity contribution is 0.625. The minimum atomic E-state index is -0.147. The van der Waals surface area contributed by atoms with Gasteiger partial charge < -0.3 is 5.73 Å². The van der Waals surface area contributed by atoms with Crippen molar-refractivity contribution in [3.8, 4) is 0 Å². The monoisotopic (exact) mass is 179 g/mol. The largest absolute Gasteiger partial charge is 0.330 e. The molecule has 13 heavy (non-hydrogen) atoms. The number of halogens is 1. The Morgan fingerprint density at radius 1 is 1.54 bits per heavy atom. The van der Waals surface area contributed by atoms with Crippen molar-refractivity contribution in [1.29, 1.82) is 0 Å². The molecular formula is C11H14FN. The van der Waals surface area contributed by atoms with Gasteiger partial charge >= 0.3 is 0 Å². The van der Waals surface area contributed by atoms with Gasteiger partial charge in [0.05, 0.1) is 0 Å². The fraction of sp³-hybridized carbons (Fsp3) is 0.455. The van der Waals surface area contributed by atoms with Gasteiger partial charge in [0.1, 0.15) is 5.82 Å². The van der Waals surface area contributed by atoms with E-state index in [0.717, 1.165) is 12.1 Å². The van der Waals surface area contributed by atoms with Crippen LogP contribution in [0.3, 0.4) is 0 Å². The minimum Gasteiger partial charge on any atom is -0.330 e. The standard InChI is InChI=1S/C11H14FN/c1-7-4-9(12)2-3-10(7)11-5-8(11)6-13/h2-4,8,11H,5-6,13H2,1H3/t8-,11+/m0/s1. The zero-order chi connectivity index (χ0) is 9.42. The maximum absolute atomic E-state index is 12.8. The van der Waals surface area contributed by atoms with Gasteiger partial charge in [-0.05, 0) is 55.0 Å². The molecule has 1 nitrogen and oxygen atoms in total. The summed E-state index contributed by atoms with van der Waals surface area (Å²) in [6, 6.07) is 5.03. The molecule has 1 saturated carbocycles. The Morgan fingerprint density at radius 2 is 2.31 bits per heavy atom. The molecule has 0 aromatic heterocycles. The highest BCUT2D eigenvalue weighted by atomic mass is 19.1. The van der Waals surface area contributed by atoms with E-state index in [1.54, 1.807) is 6.07 Å². The Morgan fingerprint density at radius 3 is 2.85 bits per heavy atom. The molecule has 2 atom stereocenters.